The molecule has 0 spiro atoms. The standard InChI is InChI=1S/C18H30N3O3P/c1-3-5-15-25(24,16-6-4-2)20-13-11-19(12-14-20)17-7-9-18(10-8-17)21(22)23/h7-10H,3-6,11-16H2,1-2H3. The van der Waals surface area contributed by atoms with Crippen LogP contribution >= 0.6 is 7.29 Å². The number of benzene rings is 1. The average molecular weight is 367 g/mol. The summed E-state index contributed by atoms with van der Waals surface area (Å²) in [6.07, 6.45) is 5.90. The number of hydrogen-bond donors (Lipinski definition) is 0. The van der Waals surface area contributed by atoms with Gasteiger partial charge in [-0.3, -0.25) is 10.1 Å². The third kappa shape index (κ3) is 5.29. The minimum absolute atomic E-state index is 0.117. The molecule has 1 aromatic carbocycles. The van der Waals surface area contributed by atoms with Crippen LogP contribution in [0.4, 0.5) is 11.4 Å². The molecule has 1 fully saturated rings. The highest BCUT2D eigenvalue weighted by molar-refractivity contribution is 7.61. The lowest BCUT2D eigenvalue weighted by Crippen LogP contribution is -2.45. The second kappa shape index (κ2) is 9.35. The van der Waals surface area contributed by atoms with Crippen molar-refractivity contribution in [3.8, 4) is 0 Å². The third-order valence-corrected chi connectivity index (χ3v) is 8.38. The molecule has 0 atom stereocenters. The summed E-state index contributed by atoms with van der Waals surface area (Å²) in [7, 11) is -2.25. The second-order valence-electron chi connectivity index (χ2n) is 6.71. The van der Waals surface area contributed by atoms with Crippen LogP contribution < -0.4 is 4.90 Å². The number of piperazine rings is 1. The van der Waals surface area contributed by atoms with Crippen LogP contribution in [-0.4, -0.2) is 48.1 Å². The highest BCUT2D eigenvalue weighted by atomic mass is 31.2. The lowest BCUT2D eigenvalue weighted by atomic mass is 10.2. The molecule has 1 aromatic rings. The Morgan fingerprint density at radius 1 is 1.00 bits per heavy atom. The zero-order chi connectivity index (χ0) is 18.3. The van der Waals surface area contributed by atoms with E-state index in [0.717, 1.165) is 69.9 Å². The Kier molecular flexibility index (Phi) is 7.45. The Hall–Kier alpha value is -1.39. The predicted octanol–water partition coefficient (Wildman–Crippen LogP) is 4.60. The van der Waals surface area contributed by atoms with Gasteiger partial charge >= 0.3 is 0 Å². The summed E-state index contributed by atoms with van der Waals surface area (Å²) in [5.74, 6) is 0. The summed E-state index contributed by atoms with van der Waals surface area (Å²) < 4.78 is 15.7. The van der Waals surface area contributed by atoms with Crippen LogP contribution in [-0.2, 0) is 4.57 Å². The number of anilines is 1. The maximum atomic E-state index is 13.5. The van der Waals surface area contributed by atoms with Gasteiger partial charge in [0.2, 0.25) is 0 Å². The van der Waals surface area contributed by atoms with E-state index in [1.807, 2.05) is 12.1 Å². The van der Waals surface area contributed by atoms with E-state index in [1.165, 1.54) is 0 Å². The van der Waals surface area contributed by atoms with Crippen molar-refractivity contribution in [1.29, 1.82) is 0 Å². The monoisotopic (exact) mass is 367 g/mol. The van der Waals surface area contributed by atoms with E-state index in [1.54, 1.807) is 12.1 Å². The van der Waals surface area contributed by atoms with Gasteiger partial charge in [0.05, 0.1) is 4.92 Å². The Labute approximate surface area is 150 Å². The van der Waals surface area contributed by atoms with Crippen molar-refractivity contribution in [2.24, 2.45) is 0 Å². The van der Waals surface area contributed by atoms with Crippen LogP contribution in [0.25, 0.3) is 0 Å². The smallest absolute Gasteiger partial charge is 0.269 e. The molecule has 0 radical (unpaired) electrons. The highest BCUT2D eigenvalue weighted by Gasteiger charge is 2.32. The number of non-ortho nitro benzene ring substituents is 1. The molecule has 140 valence electrons. The molecule has 0 N–H and O–H groups in total. The van der Waals surface area contributed by atoms with Gasteiger partial charge in [-0.15, -0.1) is 0 Å². The highest BCUT2D eigenvalue weighted by Crippen LogP contribution is 2.51. The van der Waals surface area contributed by atoms with Gasteiger partial charge in [0.15, 0.2) is 7.29 Å². The van der Waals surface area contributed by atoms with Crippen molar-refractivity contribution in [3.63, 3.8) is 0 Å². The summed E-state index contributed by atoms with van der Waals surface area (Å²) in [5, 5.41) is 10.8. The molecule has 0 amide bonds. The number of rotatable bonds is 9. The Morgan fingerprint density at radius 2 is 1.52 bits per heavy atom. The van der Waals surface area contributed by atoms with Gasteiger partial charge < -0.3 is 9.46 Å². The van der Waals surface area contributed by atoms with Crippen molar-refractivity contribution in [3.05, 3.63) is 34.4 Å². The summed E-state index contributed by atoms with van der Waals surface area (Å²) >= 11 is 0. The van der Waals surface area contributed by atoms with E-state index in [-0.39, 0.29) is 10.6 Å². The molecule has 0 aromatic heterocycles. The van der Waals surface area contributed by atoms with Crippen LogP contribution in [0.5, 0.6) is 0 Å². The zero-order valence-corrected chi connectivity index (χ0v) is 16.3. The molecule has 0 aliphatic carbocycles. The van der Waals surface area contributed by atoms with Gasteiger partial charge in [0.25, 0.3) is 5.69 Å². The molecule has 0 bridgehead atoms. The molecule has 0 unspecified atom stereocenters. The normalized spacial score (nSPS) is 16.2. The molecule has 1 aliphatic heterocycles. The van der Waals surface area contributed by atoms with Crippen molar-refractivity contribution in [1.82, 2.24) is 4.67 Å². The Bertz CT molecular complexity index is 586. The van der Waals surface area contributed by atoms with Gasteiger partial charge in [-0.25, -0.2) is 4.67 Å². The van der Waals surface area contributed by atoms with Gasteiger partial charge in [-0.05, 0) is 25.0 Å². The summed E-state index contributed by atoms with van der Waals surface area (Å²) in [6, 6.07) is 6.72. The van der Waals surface area contributed by atoms with Crippen molar-refractivity contribution in [2.45, 2.75) is 39.5 Å². The summed E-state index contributed by atoms with van der Waals surface area (Å²) in [4.78, 5) is 12.6. The molecule has 2 rings (SSSR count). The minimum Gasteiger partial charge on any atom is -0.369 e. The lowest BCUT2D eigenvalue weighted by Gasteiger charge is -2.40. The van der Waals surface area contributed by atoms with Crippen LogP contribution in [0.15, 0.2) is 24.3 Å². The zero-order valence-electron chi connectivity index (χ0n) is 15.4. The fourth-order valence-corrected chi connectivity index (χ4v) is 6.63. The number of unbranched alkanes of at least 4 members (excludes halogenated alkanes) is 2. The molecule has 6 nitrogen and oxygen atoms in total. The number of nitro groups is 1. The lowest BCUT2D eigenvalue weighted by molar-refractivity contribution is -0.384. The number of hydrogen-bond acceptors (Lipinski definition) is 4. The van der Waals surface area contributed by atoms with Gasteiger partial charge in [0, 0.05) is 56.3 Å². The van der Waals surface area contributed by atoms with Crippen molar-refractivity contribution in [2.75, 3.05) is 43.4 Å². The topological polar surface area (TPSA) is 66.7 Å². The average Bonchev–Trinajstić information content (AvgIpc) is 2.65. The minimum atomic E-state index is -2.25. The fraction of sp³-hybridized carbons (Fsp3) is 0.667. The SMILES string of the molecule is CCCCP(=O)(CCCC)N1CCN(c2ccc([N+](=O)[O-])cc2)CC1. The second-order valence-corrected chi connectivity index (χ2v) is 9.87. The Balaban J connectivity index is 1.98. The van der Waals surface area contributed by atoms with E-state index < -0.39 is 7.29 Å². The van der Waals surface area contributed by atoms with E-state index in [4.69, 9.17) is 0 Å². The molecule has 1 aliphatic rings. The summed E-state index contributed by atoms with van der Waals surface area (Å²) in [6.45, 7) is 7.55. The molecule has 1 saturated heterocycles. The Morgan fingerprint density at radius 3 is 1.96 bits per heavy atom. The molecular weight excluding hydrogens is 337 g/mol. The number of nitrogens with zero attached hydrogens (tertiary/aromatic N) is 3. The fourth-order valence-electron chi connectivity index (χ4n) is 3.31. The van der Waals surface area contributed by atoms with Crippen molar-refractivity contribution >= 4 is 18.7 Å². The van der Waals surface area contributed by atoms with Crippen LogP contribution in [0, 0.1) is 10.1 Å². The third-order valence-electron chi connectivity index (χ3n) is 4.92. The number of nitro benzene ring substituents is 1. The first-order valence-electron chi connectivity index (χ1n) is 9.33. The van der Waals surface area contributed by atoms with Crippen LogP contribution in [0.1, 0.15) is 39.5 Å². The molecule has 1 heterocycles. The maximum Gasteiger partial charge on any atom is 0.269 e. The first kappa shape index (κ1) is 19.9. The molecule has 0 saturated carbocycles. The van der Waals surface area contributed by atoms with Crippen LogP contribution in [0.3, 0.4) is 0 Å². The molecule has 25 heavy (non-hydrogen) atoms. The van der Waals surface area contributed by atoms with E-state index in [0.29, 0.717) is 0 Å². The molecule has 7 heteroatoms. The van der Waals surface area contributed by atoms with Gasteiger partial charge in [-0.1, -0.05) is 26.7 Å². The quantitative estimate of drug-likeness (QED) is 0.363. The van der Waals surface area contributed by atoms with Gasteiger partial charge in [-0.2, -0.15) is 0 Å². The first-order valence-corrected chi connectivity index (χ1v) is 11.4. The summed E-state index contributed by atoms with van der Waals surface area (Å²) in [5.41, 5.74) is 1.12. The predicted molar refractivity (Wildman–Crippen MR) is 104 cm³/mol. The van der Waals surface area contributed by atoms with E-state index in [2.05, 4.69) is 23.4 Å². The molecular formula is C18H30N3O3P. The maximum absolute atomic E-state index is 13.5. The van der Waals surface area contributed by atoms with Crippen LogP contribution in [0.2, 0.25) is 0 Å². The largest absolute Gasteiger partial charge is 0.369 e. The van der Waals surface area contributed by atoms with E-state index >= 15 is 0 Å². The first-order chi connectivity index (χ1) is 12.0. The van der Waals surface area contributed by atoms with Crippen molar-refractivity contribution < 1.29 is 9.49 Å². The van der Waals surface area contributed by atoms with E-state index in [9.17, 15) is 14.7 Å². The van der Waals surface area contributed by atoms with Gasteiger partial charge in [0.1, 0.15) is 0 Å².